The van der Waals surface area contributed by atoms with Crippen molar-refractivity contribution in [3.05, 3.63) is 0 Å². The number of ether oxygens (including phenoxy) is 4. The van der Waals surface area contributed by atoms with Gasteiger partial charge in [-0.3, -0.25) is 37.3 Å². The zero-order chi connectivity index (χ0) is 66.1. The second-order valence-electron chi connectivity index (χ2n) is 26.9. The number of unbranched alkanes of at least 4 members (excludes halogenated alkanes) is 32. The quantitative estimate of drug-likeness (QED) is 0.0222. The highest BCUT2D eigenvalue weighted by atomic mass is 31.2. The molecule has 0 aromatic carbocycles. The van der Waals surface area contributed by atoms with E-state index in [9.17, 15) is 43.2 Å². The molecule has 0 saturated carbocycles. The normalized spacial score (nSPS) is 14.6. The number of carbonyl (C=O) groups is 4. The summed E-state index contributed by atoms with van der Waals surface area (Å²) < 4.78 is 68.2. The summed E-state index contributed by atoms with van der Waals surface area (Å²) in [6.45, 7) is 14.1. The Hall–Kier alpha value is -1.94. The second-order valence-corrected chi connectivity index (χ2v) is 29.8. The van der Waals surface area contributed by atoms with Crippen molar-refractivity contribution in [3.63, 3.8) is 0 Å². The number of carbonyl (C=O) groups excluding carboxylic acids is 4. The average molecular weight is 1310 g/mol. The van der Waals surface area contributed by atoms with Crippen LogP contribution in [0, 0.1) is 23.7 Å². The molecule has 0 bridgehead atoms. The van der Waals surface area contributed by atoms with Crippen LogP contribution in [0.15, 0.2) is 0 Å². The van der Waals surface area contributed by atoms with Gasteiger partial charge in [0.2, 0.25) is 0 Å². The third kappa shape index (κ3) is 63.2. The molecule has 0 amide bonds. The molecule has 0 fully saturated rings. The fraction of sp³-hybridized carbons (Fsp3) is 0.943. The Balaban J connectivity index is 5.23. The van der Waals surface area contributed by atoms with E-state index in [0.717, 1.165) is 114 Å². The Kier molecular flexibility index (Phi) is 58.5. The van der Waals surface area contributed by atoms with Crippen molar-refractivity contribution in [1.82, 2.24) is 0 Å². The summed E-state index contributed by atoms with van der Waals surface area (Å²) in [5, 5.41) is 10.6. The summed E-state index contributed by atoms with van der Waals surface area (Å²) in [4.78, 5) is 72.5. The molecule has 19 heteroatoms. The van der Waals surface area contributed by atoms with Crippen molar-refractivity contribution in [2.75, 3.05) is 39.6 Å². The maximum atomic E-state index is 13.0. The van der Waals surface area contributed by atoms with Gasteiger partial charge in [0.05, 0.1) is 26.4 Å². The lowest BCUT2D eigenvalue weighted by Crippen LogP contribution is -2.30. The van der Waals surface area contributed by atoms with Crippen LogP contribution < -0.4 is 0 Å². The molecule has 6 atom stereocenters. The first-order valence-electron chi connectivity index (χ1n) is 36.2. The third-order valence-corrected chi connectivity index (χ3v) is 18.3. The summed E-state index contributed by atoms with van der Waals surface area (Å²) in [7, 11) is -9.90. The fourth-order valence-corrected chi connectivity index (χ4v) is 12.0. The Bertz CT molecular complexity index is 1770. The fourth-order valence-electron chi connectivity index (χ4n) is 10.5. The van der Waals surface area contributed by atoms with Crippen molar-refractivity contribution in [2.45, 2.75) is 363 Å². The highest BCUT2D eigenvalue weighted by Gasteiger charge is 2.30. The highest BCUT2D eigenvalue weighted by Crippen LogP contribution is 2.45. The molecule has 0 aliphatic rings. The number of aliphatic hydroxyl groups excluding tert-OH is 1. The van der Waals surface area contributed by atoms with Crippen LogP contribution in [0.1, 0.15) is 344 Å². The van der Waals surface area contributed by atoms with E-state index in [4.69, 9.17) is 37.0 Å². The van der Waals surface area contributed by atoms with E-state index >= 15 is 0 Å². The van der Waals surface area contributed by atoms with E-state index in [1.165, 1.54) is 141 Å². The van der Waals surface area contributed by atoms with Gasteiger partial charge in [0.1, 0.15) is 19.3 Å². The van der Waals surface area contributed by atoms with E-state index in [1.807, 2.05) is 0 Å². The van der Waals surface area contributed by atoms with Gasteiger partial charge in [-0.25, -0.2) is 9.13 Å². The largest absolute Gasteiger partial charge is 0.472 e. The number of phosphoric acid groups is 2. The van der Waals surface area contributed by atoms with Crippen LogP contribution in [0.3, 0.4) is 0 Å². The van der Waals surface area contributed by atoms with Gasteiger partial charge in [0.25, 0.3) is 0 Å². The topological polar surface area (TPSA) is 237 Å². The minimum Gasteiger partial charge on any atom is -0.462 e. The third-order valence-electron chi connectivity index (χ3n) is 16.4. The maximum Gasteiger partial charge on any atom is 0.472 e. The predicted molar refractivity (Wildman–Crippen MR) is 358 cm³/mol. The Morgan fingerprint density at radius 1 is 0.315 bits per heavy atom. The summed E-state index contributed by atoms with van der Waals surface area (Å²) in [6, 6.07) is 0. The first kappa shape index (κ1) is 87.1. The zero-order valence-electron chi connectivity index (χ0n) is 58.1. The van der Waals surface area contributed by atoms with E-state index < -0.39 is 97.5 Å². The number of rotatable bonds is 67. The minimum atomic E-state index is -4.95. The van der Waals surface area contributed by atoms with Crippen molar-refractivity contribution < 1.29 is 80.2 Å². The molecule has 0 spiro atoms. The lowest BCUT2D eigenvalue weighted by Gasteiger charge is -2.21. The molecule has 0 aliphatic heterocycles. The van der Waals surface area contributed by atoms with Crippen LogP contribution in [0.25, 0.3) is 0 Å². The Morgan fingerprint density at radius 3 is 0.798 bits per heavy atom. The van der Waals surface area contributed by atoms with Crippen LogP contribution >= 0.6 is 15.6 Å². The van der Waals surface area contributed by atoms with Crippen LogP contribution in [0.5, 0.6) is 0 Å². The molecule has 0 saturated heterocycles. The van der Waals surface area contributed by atoms with Crippen molar-refractivity contribution in [1.29, 1.82) is 0 Å². The molecule has 3 N–H and O–H groups in total. The van der Waals surface area contributed by atoms with Gasteiger partial charge in [0, 0.05) is 25.7 Å². The first-order valence-corrected chi connectivity index (χ1v) is 39.2. The van der Waals surface area contributed by atoms with Crippen LogP contribution in [-0.4, -0.2) is 96.7 Å². The average Bonchev–Trinajstić information content (AvgIpc) is 3.67. The molecule has 89 heavy (non-hydrogen) atoms. The van der Waals surface area contributed by atoms with Crippen LogP contribution in [-0.2, 0) is 65.4 Å². The van der Waals surface area contributed by atoms with Gasteiger partial charge in [-0.05, 0) is 49.4 Å². The molecule has 528 valence electrons. The van der Waals surface area contributed by atoms with Crippen LogP contribution in [0.2, 0.25) is 0 Å². The monoisotopic (exact) mass is 1310 g/mol. The molecular weight excluding hydrogens is 1170 g/mol. The van der Waals surface area contributed by atoms with Gasteiger partial charge < -0.3 is 33.8 Å². The molecule has 0 radical (unpaired) electrons. The van der Waals surface area contributed by atoms with E-state index in [2.05, 4.69) is 55.4 Å². The van der Waals surface area contributed by atoms with E-state index in [1.54, 1.807) is 0 Å². The summed E-state index contributed by atoms with van der Waals surface area (Å²) >= 11 is 0. The lowest BCUT2D eigenvalue weighted by atomic mass is 9.99. The Morgan fingerprint density at radius 2 is 0.539 bits per heavy atom. The van der Waals surface area contributed by atoms with Gasteiger partial charge in [0.15, 0.2) is 12.2 Å². The first-order chi connectivity index (χ1) is 42.6. The van der Waals surface area contributed by atoms with Gasteiger partial charge in [-0.15, -0.1) is 0 Å². The number of esters is 4. The van der Waals surface area contributed by atoms with E-state index in [-0.39, 0.29) is 25.7 Å². The summed E-state index contributed by atoms with van der Waals surface area (Å²) in [5.74, 6) is 0.850. The molecule has 0 rings (SSSR count). The molecule has 17 nitrogen and oxygen atoms in total. The summed E-state index contributed by atoms with van der Waals surface area (Å²) in [6.07, 6.45) is 41.8. The molecule has 3 unspecified atom stereocenters. The van der Waals surface area contributed by atoms with Crippen molar-refractivity contribution in [3.8, 4) is 0 Å². The number of hydrogen-bond acceptors (Lipinski definition) is 15. The van der Waals surface area contributed by atoms with Crippen LogP contribution in [0.4, 0.5) is 0 Å². The van der Waals surface area contributed by atoms with Gasteiger partial charge in [-0.1, -0.05) is 293 Å². The standard InChI is InChI=1S/C70H136O17P2/c1-9-63(8)49-41-33-24-17-14-15-19-26-36-44-52-69(74)86-66(57-81-68(73)51-43-35-29-28-32-40-48-62(6)7)59-85-89(78,79)83-55-64(71)54-82-88(76,77)84-58-65(87-70(75)53-45-37-27-21-20-23-31-39-47-61(4)5)56-80-67(72)50-42-34-25-18-13-11-10-12-16-22-30-38-46-60(2)3/h60-66,71H,9-59H2,1-8H3,(H,76,77)(H,78,79)/t63?,64-,65-,66-/m1/s1. The SMILES string of the molecule is CCC(C)CCCCCCCCCCCCC(=O)O[C@H](COC(=O)CCCCCCCCC(C)C)COP(=O)(O)OC[C@H](O)COP(=O)(O)OC[C@@H](COC(=O)CCCCCCCCCCCCCCC(C)C)OC(=O)CCCCCCCCCCC(C)C. The molecule has 0 aromatic rings. The second kappa shape index (κ2) is 59.8. The smallest absolute Gasteiger partial charge is 0.462 e. The van der Waals surface area contributed by atoms with Crippen molar-refractivity contribution >= 4 is 39.5 Å². The molecule has 0 aromatic heterocycles. The number of aliphatic hydroxyl groups is 1. The molecule has 0 heterocycles. The molecular formula is C70H136O17P2. The number of phosphoric ester groups is 2. The molecule has 0 aliphatic carbocycles. The highest BCUT2D eigenvalue weighted by molar-refractivity contribution is 7.47. The predicted octanol–water partition coefficient (Wildman–Crippen LogP) is 19.7. The van der Waals surface area contributed by atoms with Gasteiger partial charge >= 0.3 is 39.5 Å². The zero-order valence-corrected chi connectivity index (χ0v) is 59.8. The van der Waals surface area contributed by atoms with E-state index in [0.29, 0.717) is 31.6 Å². The maximum absolute atomic E-state index is 13.0. The number of hydrogen-bond donors (Lipinski definition) is 3. The van der Waals surface area contributed by atoms with Crippen molar-refractivity contribution in [2.24, 2.45) is 23.7 Å². The van der Waals surface area contributed by atoms with Gasteiger partial charge in [-0.2, -0.15) is 0 Å². The minimum absolute atomic E-state index is 0.104. The lowest BCUT2D eigenvalue weighted by molar-refractivity contribution is -0.161. The summed E-state index contributed by atoms with van der Waals surface area (Å²) in [5.41, 5.74) is 0. The Labute approximate surface area is 543 Å².